The standard InChI is InChI=1S/C17H24N4O/c1-13(11-17(22)20(3)4)19-14(2)15-5-7-16(8-6-15)21-10-9-18-12-21/h5-10,12-14,19H,11H2,1-4H3. The molecule has 2 rings (SSSR count). The molecule has 2 aromatic rings. The summed E-state index contributed by atoms with van der Waals surface area (Å²) in [4.78, 5) is 17.4. The van der Waals surface area contributed by atoms with E-state index in [0.717, 1.165) is 5.69 Å². The van der Waals surface area contributed by atoms with Crippen molar-refractivity contribution >= 4 is 5.91 Å². The Morgan fingerprint density at radius 2 is 1.95 bits per heavy atom. The first-order valence-electron chi connectivity index (χ1n) is 7.52. The topological polar surface area (TPSA) is 50.2 Å². The molecule has 0 bridgehead atoms. The highest BCUT2D eigenvalue weighted by Gasteiger charge is 2.14. The SMILES string of the molecule is CC(CC(=O)N(C)C)NC(C)c1ccc(-n2ccnc2)cc1. The van der Waals surface area contributed by atoms with Crippen LogP contribution in [0.4, 0.5) is 0 Å². The van der Waals surface area contributed by atoms with Gasteiger partial charge in [-0.25, -0.2) is 4.98 Å². The lowest BCUT2D eigenvalue weighted by Crippen LogP contribution is -2.34. The van der Waals surface area contributed by atoms with Crippen LogP contribution in [0.2, 0.25) is 0 Å². The highest BCUT2D eigenvalue weighted by molar-refractivity contribution is 5.76. The maximum absolute atomic E-state index is 11.7. The normalized spacial score (nSPS) is 13.6. The Hall–Kier alpha value is -2.14. The molecular formula is C17H24N4O. The van der Waals surface area contributed by atoms with E-state index < -0.39 is 0 Å². The molecule has 0 aliphatic heterocycles. The van der Waals surface area contributed by atoms with Crippen molar-refractivity contribution in [2.45, 2.75) is 32.4 Å². The van der Waals surface area contributed by atoms with E-state index in [0.29, 0.717) is 6.42 Å². The Balaban J connectivity index is 1.95. The number of carbonyl (C=O) groups is 1. The molecule has 0 aliphatic rings. The minimum Gasteiger partial charge on any atom is -0.349 e. The van der Waals surface area contributed by atoms with Gasteiger partial charge in [0.2, 0.25) is 5.91 Å². The molecule has 0 radical (unpaired) electrons. The van der Waals surface area contributed by atoms with Gasteiger partial charge in [-0.05, 0) is 31.5 Å². The second kappa shape index (κ2) is 7.22. The molecule has 1 amide bonds. The van der Waals surface area contributed by atoms with Crippen LogP contribution in [-0.4, -0.2) is 40.5 Å². The predicted molar refractivity (Wildman–Crippen MR) is 87.9 cm³/mol. The molecule has 22 heavy (non-hydrogen) atoms. The zero-order chi connectivity index (χ0) is 16.1. The van der Waals surface area contributed by atoms with Crippen molar-refractivity contribution in [2.75, 3.05) is 14.1 Å². The van der Waals surface area contributed by atoms with E-state index in [1.165, 1.54) is 5.56 Å². The molecule has 2 unspecified atom stereocenters. The number of imidazole rings is 1. The van der Waals surface area contributed by atoms with Crippen molar-refractivity contribution in [1.82, 2.24) is 19.8 Å². The third kappa shape index (κ3) is 4.18. The van der Waals surface area contributed by atoms with Gasteiger partial charge < -0.3 is 14.8 Å². The van der Waals surface area contributed by atoms with E-state index in [-0.39, 0.29) is 18.0 Å². The Kier molecular flexibility index (Phi) is 5.33. The van der Waals surface area contributed by atoms with E-state index in [2.05, 4.69) is 41.5 Å². The monoisotopic (exact) mass is 300 g/mol. The van der Waals surface area contributed by atoms with E-state index in [1.807, 2.05) is 17.7 Å². The Labute approximate surface area is 132 Å². The average Bonchev–Trinajstić information content (AvgIpc) is 3.01. The third-order valence-electron chi connectivity index (χ3n) is 3.71. The number of amides is 1. The minimum atomic E-state index is 0.137. The molecule has 0 aliphatic carbocycles. The summed E-state index contributed by atoms with van der Waals surface area (Å²) in [5.41, 5.74) is 2.29. The maximum Gasteiger partial charge on any atom is 0.223 e. The van der Waals surface area contributed by atoms with Gasteiger partial charge in [-0.2, -0.15) is 0 Å². The summed E-state index contributed by atoms with van der Waals surface area (Å²) >= 11 is 0. The van der Waals surface area contributed by atoms with Gasteiger partial charge in [0, 0.05) is 50.7 Å². The molecule has 5 heteroatoms. The molecule has 1 aromatic heterocycles. The van der Waals surface area contributed by atoms with Crippen LogP contribution in [0.5, 0.6) is 0 Å². The number of aromatic nitrogens is 2. The summed E-state index contributed by atoms with van der Waals surface area (Å²) in [6, 6.07) is 8.69. The molecule has 0 fully saturated rings. The summed E-state index contributed by atoms with van der Waals surface area (Å²) in [6.07, 6.45) is 5.98. The van der Waals surface area contributed by atoms with Crippen LogP contribution >= 0.6 is 0 Å². The molecule has 0 spiro atoms. The lowest BCUT2D eigenvalue weighted by Gasteiger charge is -2.21. The number of hydrogen-bond donors (Lipinski definition) is 1. The van der Waals surface area contributed by atoms with Gasteiger partial charge in [0.15, 0.2) is 0 Å². The number of rotatable bonds is 6. The van der Waals surface area contributed by atoms with Crippen LogP contribution in [0, 0.1) is 0 Å². The van der Waals surface area contributed by atoms with Crippen LogP contribution < -0.4 is 5.32 Å². The molecule has 1 heterocycles. The highest BCUT2D eigenvalue weighted by Crippen LogP contribution is 2.16. The average molecular weight is 300 g/mol. The molecular weight excluding hydrogens is 276 g/mol. The fraction of sp³-hybridized carbons (Fsp3) is 0.412. The molecule has 1 aromatic carbocycles. The zero-order valence-corrected chi connectivity index (χ0v) is 13.7. The number of nitrogens with zero attached hydrogens (tertiary/aromatic N) is 3. The zero-order valence-electron chi connectivity index (χ0n) is 13.7. The van der Waals surface area contributed by atoms with Gasteiger partial charge in [-0.15, -0.1) is 0 Å². The van der Waals surface area contributed by atoms with E-state index in [9.17, 15) is 4.79 Å². The third-order valence-corrected chi connectivity index (χ3v) is 3.71. The van der Waals surface area contributed by atoms with Gasteiger partial charge in [-0.3, -0.25) is 4.79 Å². The van der Waals surface area contributed by atoms with Crippen molar-refractivity contribution in [1.29, 1.82) is 0 Å². The van der Waals surface area contributed by atoms with Crippen molar-refractivity contribution in [2.24, 2.45) is 0 Å². The Morgan fingerprint density at radius 3 is 2.50 bits per heavy atom. The van der Waals surface area contributed by atoms with Crippen LogP contribution in [0.3, 0.4) is 0 Å². The van der Waals surface area contributed by atoms with Crippen LogP contribution in [0.15, 0.2) is 43.0 Å². The van der Waals surface area contributed by atoms with Gasteiger partial charge in [0.1, 0.15) is 0 Å². The maximum atomic E-state index is 11.7. The quantitative estimate of drug-likeness (QED) is 0.891. The first-order chi connectivity index (χ1) is 10.5. The molecule has 2 atom stereocenters. The summed E-state index contributed by atoms with van der Waals surface area (Å²) in [5, 5.41) is 3.47. The number of hydrogen-bond acceptors (Lipinski definition) is 3. The summed E-state index contributed by atoms with van der Waals surface area (Å²) < 4.78 is 1.97. The molecule has 0 saturated carbocycles. The lowest BCUT2D eigenvalue weighted by molar-refractivity contribution is -0.129. The van der Waals surface area contributed by atoms with E-state index >= 15 is 0 Å². The van der Waals surface area contributed by atoms with Crippen LogP contribution in [-0.2, 0) is 4.79 Å². The van der Waals surface area contributed by atoms with Gasteiger partial charge >= 0.3 is 0 Å². The van der Waals surface area contributed by atoms with Gasteiger partial charge in [0.05, 0.1) is 6.33 Å². The second-order valence-electron chi connectivity index (χ2n) is 5.84. The van der Waals surface area contributed by atoms with Crippen molar-refractivity contribution in [3.63, 3.8) is 0 Å². The van der Waals surface area contributed by atoms with Crippen molar-refractivity contribution < 1.29 is 4.79 Å². The summed E-state index contributed by atoms with van der Waals surface area (Å²) in [6.45, 7) is 4.15. The number of nitrogens with one attached hydrogen (secondary N) is 1. The van der Waals surface area contributed by atoms with Crippen LogP contribution in [0.25, 0.3) is 5.69 Å². The number of carbonyl (C=O) groups excluding carboxylic acids is 1. The number of benzene rings is 1. The Morgan fingerprint density at radius 1 is 1.27 bits per heavy atom. The first-order valence-corrected chi connectivity index (χ1v) is 7.52. The van der Waals surface area contributed by atoms with Crippen molar-refractivity contribution in [3.05, 3.63) is 48.5 Å². The van der Waals surface area contributed by atoms with Gasteiger partial charge in [0.25, 0.3) is 0 Å². The van der Waals surface area contributed by atoms with Gasteiger partial charge in [-0.1, -0.05) is 12.1 Å². The molecule has 1 N–H and O–H groups in total. The predicted octanol–water partition coefficient (Wildman–Crippen LogP) is 2.39. The Bertz CT molecular complexity index is 590. The molecule has 118 valence electrons. The molecule has 5 nitrogen and oxygen atoms in total. The lowest BCUT2D eigenvalue weighted by atomic mass is 10.1. The smallest absolute Gasteiger partial charge is 0.223 e. The summed E-state index contributed by atoms with van der Waals surface area (Å²) in [7, 11) is 3.57. The fourth-order valence-corrected chi connectivity index (χ4v) is 2.37. The van der Waals surface area contributed by atoms with Crippen LogP contribution in [0.1, 0.15) is 31.9 Å². The second-order valence-corrected chi connectivity index (χ2v) is 5.84. The fourth-order valence-electron chi connectivity index (χ4n) is 2.37. The van der Waals surface area contributed by atoms with Crippen molar-refractivity contribution in [3.8, 4) is 5.69 Å². The molecule has 0 saturated heterocycles. The van der Waals surface area contributed by atoms with E-state index in [1.54, 1.807) is 31.5 Å². The first kappa shape index (κ1) is 16.2. The largest absolute Gasteiger partial charge is 0.349 e. The highest BCUT2D eigenvalue weighted by atomic mass is 16.2. The summed E-state index contributed by atoms with van der Waals surface area (Å²) in [5.74, 6) is 0.141. The van der Waals surface area contributed by atoms with E-state index in [4.69, 9.17) is 0 Å². The minimum absolute atomic E-state index is 0.137.